The van der Waals surface area contributed by atoms with Gasteiger partial charge in [0.05, 0.1) is 16.7 Å². The predicted octanol–water partition coefficient (Wildman–Crippen LogP) is 0.848. The molecule has 2 aliphatic rings. The van der Waals surface area contributed by atoms with Crippen LogP contribution in [0.1, 0.15) is 26.7 Å². The first kappa shape index (κ1) is 14.2. The van der Waals surface area contributed by atoms with Gasteiger partial charge in [-0.25, -0.2) is 0 Å². The molecule has 2 saturated heterocycles. The molecule has 2 aliphatic heterocycles. The van der Waals surface area contributed by atoms with Crippen LogP contribution < -0.4 is 5.73 Å². The van der Waals surface area contributed by atoms with Gasteiger partial charge in [-0.3, -0.25) is 9.80 Å². The molecular weight excluding hydrogens is 246 g/mol. The summed E-state index contributed by atoms with van der Waals surface area (Å²) >= 11 is 4.95. The highest BCUT2D eigenvalue weighted by Gasteiger charge is 2.33. The average Bonchev–Trinajstić information content (AvgIpc) is 2.60. The van der Waals surface area contributed by atoms with Gasteiger partial charge in [0.2, 0.25) is 0 Å². The van der Waals surface area contributed by atoms with E-state index in [0.29, 0.717) is 11.1 Å². The van der Waals surface area contributed by atoms with Crippen LogP contribution in [0, 0.1) is 0 Å². The molecule has 2 rings (SSSR count). The standard InChI is InChI=1S/C13H25N3OS/c1-13(2)4-3-11(17-13)9-15-5-7-16(8-6-15)10-12(14)18/h11H,3-10H2,1-2H3,(H2,14,18). The van der Waals surface area contributed by atoms with Crippen LogP contribution >= 0.6 is 12.2 Å². The number of ether oxygens (including phenoxy) is 1. The molecule has 0 aromatic rings. The third kappa shape index (κ3) is 4.16. The molecule has 1 atom stereocenters. The summed E-state index contributed by atoms with van der Waals surface area (Å²) in [6.45, 7) is 10.5. The molecule has 0 saturated carbocycles. The van der Waals surface area contributed by atoms with Crippen LogP contribution in [-0.4, -0.2) is 65.8 Å². The van der Waals surface area contributed by atoms with Gasteiger partial charge in [-0.15, -0.1) is 0 Å². The van der Waals surface area contributed by atoms with Gasteiger partial charge in [-0.2, -0.15) is 0 Å². The van der Waals surface area contributed by atoms with E-state index in [1.54, 1.807) is 0 Å². The third-order valence-electron chi connectivity index (χ3n) is 3.86. The lowest BCUT2D eigenvalue weighted by molar-refractivity contribution is -0.0330. The quantitative estimate of drug-likeness (QED) is 0.768. The van der Waals surface area contributed by atoms with E-state index in [1.165, 1.54) is 12.8 Å². The Morgan fingerprint density at radius 1 is 1.28 bits per heavy atom. The number of piperazine rings is 1. The minimum absolute atomic E-state index is 0.0816. The largest absolute Gasteiger partial charge is 0.392 e. The Kier molecular flexibility index (Phi) is 4.59. The summed E-state index contributed by atoms with van der Waals surface area (Å²) in [5.41, 5.74) is 5.66. The number of nitrogens with zero attached hydrogens (tertiary/aromatic N) is 2. The molecule has 0 amide bonds. The van der Waals surface area contributed by atoms with Crippen LogP contribution in [0.2, 0.25) is 0 Å². The Morgan fingerprint density at radius 2 is 1.89 bits per heavy atom. The number of thiocarbonyl (C=S) groups is 1. The Morgan fingerprint density at radius 3 is 2.39 bits per heavy atom. The third-order valence-corrected chi connectivity index (χ3v) is 3.99. The van der Waals surface area contributed by atoms with Gasteiger partial charge in [0.15, 0.2) is 0 Å². The number of rotatable bonds is 4. The number of hydrogen-bond donors (Lipinski definition) is 1. The fraction of sp³-hybridized carbons (Fsp3) is 0.923. The van der Waals surface area contributed by atoms with Crippen molar-refractivity contribution < 1.29 is 4.74 Å². The predicted molar refractivity (Wildman–Crippen MR) is 77.9 cm³/mol. The monoisotopic (exact) mass is 271 g/mol. The van der Waals surface area contributed by atoms with Gasteiger partial charge in [-0.1, -0.05) is 12.2 Å². The molecule has 104 valence electrons. The summed E-state index contributed by atoms with van der Waals surface area (Å²) in [4.78, 5) is 5.43. The zero-order valence-electron chi connectivity index (χ0n) is 11.5. The van der Waals surface area contributed by atoms with Gasteiger partial charge in [-0.05, 0) is 26.7 Å². The molecule has 18 heavy (non-hydrogen) atoms. The van der Waals surface area contributed by atoms with Crippen LogP contribution in [0.3, 0.4) is 0 Å². The maximum absolute atomic E-state index is 6.05. The average molecular weight is 271 g/mol. The molecule has 0 radical (unpaired) electrons. The van der Waals surface area contributed by atoms with Crippen molar-refractivity contribution in [3.05, 3.63) is 0 Å². The maximum atomic E-state index is 6.05. The van der Waals surface area contributed by atoms with Crippen LogP contribution in [-0.2, 0) is 4.74 Å². The van der Waals surface area contributed by atoms with Gasteiger partial charge >= 0.3 is 0 Å². The zero-order valence-corrected chi connectivity index (χ0v) is 12.3. The topological polar surface area (TPSA) is 41.7 Å². The first-order valence-corrected chi connectivity index (χ1v) is 7.26. The Bertz CT molecular complexity index is 301. The molecule has 5 heteroatoms. The second-order valence-electron chi connectivity index (χ2n) is 6.08. The Hall–Kier alpha value is -0.230. The zero-order chi connectivity index (χ0) is 13.2. The van der Waals surface area contributed by atoms with Crippen molar-refractivity contribution in [1.29, 1.82) is 0 Å². The van der Waals surface area contributed by atoms with Crippen molar-refractivity contribution in [3.63, 3.8) is 0 Å². The molecule has 2 N–H and O–H groups in total. The summed E-state index contributed by atoms with van der Waals surface area (Å²) in [6.07, 6.45) is 2.79. The molecule has 0 aromatic heterocycles. The molecule has 1 unspecified atom stereocenters. The highest BCUT2D eigenvalue weighted by atomic mass is 32.1. The van der Waals surface area contributed by atoms with E-state index in [-0.39, 0.29) is 5.60 Å². The van der Waals surface area contributed by atoms with E-state index >= 15 is 0 Å². The number of hydrogen-bond acceptors (Lipinski definition) is 4. The maximum Gasteiger partial charge on any atom is 0.0870 e. The van der Waals surface area contributed by atoms with Gasteiger partial charge < -0.3 is 10.5 Å². The summed E-state index contributed by atoms with van der Waals surface area (Å²) in [7, 11) is 0. The summed E-state index contributed by atoms with van der Waals surface area (Å²) in [6, 6.07) is 0. The van der Waals surface area contributed by atoms with Crippen molar-refractivity contribution >= 4 is 17.2 Å². The fourth-order valence-electron chi connectivity index (χ4n) is 2.84. The van der Waals surface area contributed by atoms with E-state index in [4.69, 9.17) is 22.7 Å². The lowest BCUT2D eigenvalue weighted by Gasteiger charge is -2.35. The van der Waals surface area contributed by atoms with E-state index < -0.39 is 0 Å². The minimum atomic E-state index is 0.0816. The van der Waals surface area contributed by atoms with Crippen molar-refractivity contribution in [3.8, 4) is 0 Å². The minimum Gasteiger partial charge on any atom is -0.392 e. The summed E-state index contributed by atoms with van der Waals surface area (Å²) < 4.78 is 6.05. The molecular formula is C13H25N3OS. The van der Waals surface area contributed by atoms with Crippen LogP contribution in [0.25, 0.3) is 0 Å². The molecule has 4 nitrogen and oxygen atoms in total. The Balaban J connectivity index is 1.69. The lowest BCUT2D eigenvalue weighted by atomic mass is 10.1. The molecule has 2 heterocycles. The van der Waals surface area contributed by atoms with Crippen LogP contribution in [0.5, 0.6) is 0 Å². The molecule has 0 bridgehead atoms. The molecule has 0 spiro atoms. The molecule has 0 aromatic carbocycles. The van der Waals surface area contributed by atoms with E-state index in [0.717, 1.165) is 39.3 Å². The van der Waals surface area contributed by atoms with E-state index in [2.05, 4.69) is 23.6 Å². The highest BCUT2D eigenvalue weighted by molar-refractivity contribution is 7.80. The normalized spacial score (nSPS) is 29.6. The summed E-state index contributed by atoms with van der Waals surface area (Å²) in [5, 5.41) is 0. The molecule has 2 fully saturated rings. The smallest absolute Gasteiger partial charge is 0.0870 e. The van der Waals surface area contributed by atoms with Crippen molar-refractivity contribution in [2.45, 2.75) is 38.4 Å². The van der Waals surface area contributed by atoms with Gasteiger partial charge in [0.25, 0.3) is 0 Å². The first-order valence-electron chi connectivity index (χ1n) is 6.85. The second-order valence-corrected chi connectivity index (χ2v) is 6.61. The molecule has 0 aliphatic carbocycles. The van der Waals surface area contributed by atoms with Crippen molar-refractivity contribution in [2.24, 2.45) is 5.73 Å². The lowest BCUT2D eigenvalue weighted by Crippen LogP contribution is -2.50. The fourth-order valence-corrected chi connectivity index (χ4v) is 3.03. The first-order chi connectivity index (χ1) is 8.44. The second kappa shape index (κ2) is 5.82. The SMILES string of the molecule is CC1(C)CCC(CN2CCN(CC(N)=S)CC2)O1. The van der Waals surface area contributed by atoms with E-state index in [1.807, 2.05) is 0 Å². The van der Waals surface area contributed by atoms with Gasteiger partial charge in [0.1, 0.15) is 0 Å². The van der Waals surface area contributed by atoms with Crippen molar-refractivity contribution in [1.82, 2.24) is 9.80 Å². The number of nitrogens with two attached hydrogens (primary N) is 1. The summed E-state index contributed by atoms with van der Waals surface area (Å²) in [5.74, 6) is 0. The van der Waals surface area contributed by atoms with Crippen LogP contribution in [0.4, 0.5) is 0 Å². The Labute approximate surface area is 115 Å². The van der Waals surface area contributed by atoms with E-state index in [9.17, 15) is 0 Å². The van der Waals surface area contributed by atoms with Crippen molar-refractivity contribution in [2.75, 3.05) is 39.3 Å². The van der Waals surface area contributed by atoms with Crippen LogP contribution in [0.15, 0.2) is 0 Å². The highest BCUT2D eigenvalue weighted by Crippen LogP contribution is 2.29. The van der Waals surface area contributed by atoms with Gasteiger partial charge in [0, 0.05) is 39.3 Å².